The largest absolute Gasteiger partial charge is 0.417 e. The number of alkyl halides is 3. The average Bonchev–Trinajstić information content (AvgIpc) is 2.60. The Balaban J connectivity index is 1.99. The number of Topliss-reactive ketones (excluding diaryl/α,β-unsaturated/α-hetero) is 1. The van der Waals surface area contributed by atoms with Gasteiger partial charge < -0.3 is 5.32 Å². The number of carbonyl (C=O) groups is 2. The Hall–Kier alpha value is -1.99. The number of ketones is 1. The molecule has 0 fully saturated rings. The second-order valence-electron chi connectivity index (χ2n) is 5.73. The maximum absolute atomic E-state index is 12.9. The van der Waals surface area contributed by atoms with Gasteiger partial charge >= 0.3 is 6.18 Å². The highest BCUT2D eigenvalue weighted by Gasteiger charge is 2.33. The molecule has 0 bridgehead atoms. The summed E-state index contributed by atoms with van der Waals surface area (Å²) in [4.78, 5) is 24.1. The fraction of sp³-hybridized carbons (Fsp3) is 0.263. The summed E-state index contributed by atoms with van der Waals surface area (Å²) in [6.07, 6.45) is -3.39. The minimum absolute atomic E-state index is 0.0134. The van der Waals surface area contributed by atoms with E-state index in [1.807, 2.05) is 6.92 Å². The molecule has 27 heavy (non-hydrogen) atoms. The van der Waals surface area contributed by atoms with Crippen molar-refractivity contribution in [2.75, 3.05) is 11.1 Å². The van der Waals surface area contributed by atoms with Crippen LogP contribution in [0, 0.1) is 0 Å². The molecule has 2 aromatic rings. The predicted octanol–water partition coefficient (Wildman–Crippen LogP) is 6.07. The molecule has 0 aliphatic carbocycles. The van der Waals surface area contributed by atoms with Gasteiger partial charge in [0, 0.05) is 22.6 Å². The zero-order valence-electron chi connectivity index (χ0n) is 14.4. The van der Waals surface area contributed by atoms with E-state index in [2.05, 4.69) is 5.32 Å². The Kier molecular flexibility index (Phi) is 7.33. The predicted molar refractivity (Wildman–Crippen MR) is 101 cm³/mol. The lowest BCUT2D eigenvalue weighted by Crippen LogP contribution is -2.11. The van der Waals surface area contributed by atoms with E-state index < -0.39 is 11.7 Å². The van der Waals surface area contributed by atoms with Crippen molar-refractivity contribution in [2.45, 2.75) is 30.8 Å². The number of nitrogens with one attached hydrogen (secondary N) is 1. The fourth-order valence-electron chi connectivity index (χ4n) is 2.23. The molecule has 8 heteroatoms. The summed E-state index contributed by atoms with van der Waals surface area (Å²) in [5.41, 5.74) is 0.0833. The maximum Gasteiger partial charge on any atom is 0.417 e. The van der Waals surface area contributed by atoms with Crippen molar-refractivity contribution < 1.29 is 22.8 Å². The summed E-state index contributed by atoms with van der Waals surface area (Å²) in [5.74, 6) is -0.342. The summed E-state index contributed by atoms with van der Waals surface area (Å²) in [5, 5.41) is 2.34. The van der Waals surface area contributed by atoms with Gasteiger partial charge in [0.15, 0.2) is 5.78 Å². The first-order valence-corrected chi connectivity index (χ1v) is 9.49. The first-order valence-electron chi connectivity index (χ1n) is 8.13. The Bertz CT molecular complexity index is 823. The molecule has 1 amide bonds. The van der Waals surface area contributed by atoms with Crippen LogP contribution in [0.2, 0.25) is 5.02 Å². The molecule has 0 atom stereocenters. The lowest BCUT2D eigenvalue weighted by molar-refractivity contribution is -0.137. The normalized spacial score (nSPS) is 11.3. The van der Waals surface area contributed by atoms with Crippen LogP contribution in [0.1, 0.15) is 35.7 Å². The second-order valence-corrected chi connectivity index (χ2v) is 7.18. The highest BCUT2D eigenvalue weighted by Crippen LogP contribution is 2.37. The van der Waals surface area contributed by atoms with E-state index in [4.69, 9.17) is 11.6 Å². The molecule has 3 nitrogen and oxygen atoms in total. The minimum atomic E-state index is -4.55. The highest BCUT2D eigenvalue weighted by molar-refractivity contribution is 8.00. The van der Waals surface area contributed by atoms with Crippen molar-refractivity contribution in [1.82, 2.24) is 0 Å². The lowest BCUT2D eigenvalue weighted by Gasteiger charge is -2.10. The van der Waals surface area contributed by atoms with Gasteiger partial charge in [0.05, 0.1) is 16.3 Å². The number of halogens is 4. The zero-order valence-corrected chi connectivity index (χ0v) is 16.0. The van der Waals surface area contributed by atoms with Crippen LogP contribution in [0.15, 0.2) is 47.4 Å². The molecule has 0 aliphatic rings. The van der Waals surface area contributed by atoms with Gasteiger partial charge in [-0.15, -0.1) is 11.8 Å². The van der Waals surface area contributed by atoms with E-state index in [0.717, 1.165) is 24.2 Å². The van der Waals surface area contributed by atoms with Gasteiger partial charge in [-0.25, -0.2) is 0 Å². The van der Waals surface area contributed by atoms with Gasteiger partial charge in [-0.1, -0.05) is 18.5 Å². The quantitative estimate of drug-likeness (QED) is 0.440. The molecular formula is C19H17ClF3NO2S. The van der Waals surface area contributed by atoms with Crippen LogP contribution in [0.3, 0.4) is 0 Å². The highest BCUT2D eigenvalue weighted by atomic mass is 35.5. The Morgan fingerprint density at radius 1 is 1.11 bits per heavy atom. The van der Waals surface area contributed by atoms with E-state index in [-0.39, 0.29) is 22.5 Å². The zero-order chi connectivity index (χ0) is 20.0. The van der Waals surface area contributed by atoms with Crippen molar-refractivity contribution in [3.63, 3.8) is 0 Å². The van der Waals surface area contributed by atoms with Crippen molar-refractivity contribution >= 4 is 40.7 Å². The van der Waals surface area contributed by atoms with Gasteiger partial charge in [-0.05, 0) is 48.9 Å². The molecule has 0 spiro atoms. The summed E-state index contributed by atoms with van der Waals surface area (Å²) in [6, 6.07) is 9.95. The second kappa shape index (κ2) is 9.28. The third-order valence-corrected chi connectivity index (χ3v) is 4.90. The van der Waals surface area contributed by atoms with Crippen LogP contribution in [0.4, 0.5) is 18.9 Å². The number of amides is 1. The topological polar surface area (TPSA) is 46.2 Å². The van der Waals surface area contributed by atoms with Crippen LogP contribution < -0.4 is 5.32 Å². The number of hydrogen-bond donors (Lipinski definition) is 1. The monoisotopic (exact) mass is 415 g/mol. The van der Waals surface area contributed by atoms with E-state index in [1.165, 1.54) is 12.1 Å². The minimum Gasteiger partial charge on any atom is -0.326 e. The third-order valence-electron chi connectivity index (χ3n) is 3.58. The summed E-state index contributed by atoms with van der Waals surface area (Å²) >= 11 is 6.59. The average molecular weight is 416 g/mol. The Labute approximate surface area is 164 Å². The van der Waals surface area contributed by atoms with Gasteiger partial charge in [0.1, 0.15) is 0 Å². The summed E-state index contributed by atoms with van der Waals surface area (Å²) in [7, 11) is 0. The fourth-order valence-corrected chi connectivity index (χ4v) is 3.29. The molecule has 2 aromatic carbocycles. The van der Waals surface area contributed by atoms with Crippen molar-refractivity contribution in [2.24, 2.45) is 0 Å². The molecular weight excluding hydrogens is 399 g/mol. The number of hydrogen-bond acceptors (Lipinski definition) is 3. The van der Waals surface area contributed by atoms with Gasteiger partial charge in [0.2, 0.25) is 5.91 Å². The molecule has 0 saturated heterocycles. The molecule has 0 aromatic heterocycles. The Morgan fingerprint density at radius 2 is 1.78 bits per heavy atom. The molecule has 0 aliphatic heterocycles. The first-order chi connectivity index (χ1) is 12.7. The van der Waals surface area contributed by atoms with Crippen LogP contribution >= 0.6 is 23.4 Å². The van der Waals surface area contributed by atoms with Crippen molar-refractivity contribution in [1.29, 1.82) is 0 Å². The molecule has 1 N–H and O–H groups in total. The molecule has 0 radical (unpaired) electrons. The van der Waals surface area contributed by atoms with E-state index in [9.17, 15) is 22.8 Å². The number of carbonyl (C=O) groups excluding carboxylic acids is 2. The van der Waals surface area contributed by atoms with Gasteiger partial charge in [-0.3, -0.25) is 9.59 Å². The first kappa shape index (κ1) is 21.3. The van der Waals surface area contributed by atoms with Crippen LogP contribution in [0.25, 0.3) is 0 Å². The summed E-state index contributed by atoms with van der Waals surface area (Å²) < 4.78 is 38.6. The van der Waals surface area contributed by atoms with Gasteiger partial charge in [-0.2, -0.15) is 13.2 Å². The van der Waals surface area contributed by atoms with E-state index in [1.54, 1.807) is 24.3 Å². The molecule has 0 heterocycles. The molecule has 2 rings (SSSR count). The number of thioether (sulfide) groups is 1. The SMILES string of the molecule is CCCC(=O)Nc1ccc(C(=O)CSc2ccc(Cl)c(C(F)(F)F)c2)cc1. The number of anilines is 1. The third kappa shape index (κ3) is 6.29. The standard InChI is InChI=1S/C19H17ClF3NO2S/c1-2-3-18(26)24-13-6-4-12(5-7-13)17(25)11-27-14-8-9-16(20)15(10-14)19(21,22)23/h4-10H,2-3,11H2,1H3,(H,24,26). The van der Waals surface area contributed by atoms with Crippen LogP contribution in [-0.2, 0) is 11.0 Å². The molecule has 0 unspecified atom stereocenters. The maximum atomic E-state index is 12.9. The van der Waals surface area contributed by atoms with Crippen LogP contribution in [0.5, 0.6) is 0 Å². The molecule has 144 valence electrons. The smallest absolute Gasteiger partial charge is 0.326 e. The lowest BCUT2D eigenvalue weighted by atomic mass is 10.1. The molecule has 0 saturated carbocycles. The summed E-state index contributed by atoms with van der Waals surface area (Å²) in [6.45, 7) is 1.90. The van der Waals surface area contributed by atoms with E-state index >= 15 is 0 Å². The number of benzene rings is 2. The van der Waals surface area contributed by atoms with Crippen molar-refractivity contribution in [3.8, 4) is 0 Å². The Morgan fingerprint density at radius 3 is 2.37 bits per heavy atom. The van der Waals surface area contributed by atoms with Gasteiger partial charge in [0.25, 0.3) is 0 Å². The number of rotatable bonds is 7. The van der Waals surface area contributed by atoms with Crippen molar-refractivity contribution in [3.05, 3.63) is 58.6 Å². The van der Waals surface area contributed by atoms with E-state index in [0.29, 0.717) is 22.6 Å². The van der Waals surface area contributed by atoms with Crippen LogP contribution in [-0.4, -0.2) is 17.4 Å².